The van der Waals surface area contributed by atoms with Crippen LogP contribution in [0.4, 0.5) is 0 Å². The van der Waals surface area contributed by atoms with Crippen LogP contribution < -0.4 is 0 Å². The second-order valence-corrected chi connectivity index (χ2v) is 18.5. The van der Waals surface area contributed by atoms with Crippen LogP contribution in [0.1, 0.15) is 105 Å². The number of carboxylic acid groups (broad SMARTS) is 1. The number of hydrogen-bond donors (Lipinski definition) is 2. The zero-order valence-electron chi connectivity index (χ0n) is 30.2. The van der Waals surface area contributed by atoms with Gasteiger partial charge >= 0.3 is 5.97 Å². The maximum atomic E-state index is 12.9. The first-order valence-corrected chi connectivity index (χ1v) is 19.1. The van der Waals surface area contributed by atoms with Crippen LogP contribution >= 0.6 is 0 Å². The van der Waals surface area contributed by atoms with Crippen molar-refractivity contribution in [1.29, 1.82) is 0 Å². The molecule has 8 rings (SSSR count). The van der Waals surface area contributed by atoms with E-state index in [1.807, 2.05) is 11.9 Å². The Balaban J connectivity index is 0.985. The molecule has 0 aromatic rings. The molecule has 6 saturated carbocycles. The molecule has 267 valence electrons. The lowest BCUT2D eigenvalue weighted by molar-refractivity contribution is -0.242. The number of carbonyl (C=O) groups excluding carboxylic acids is 1. The maximum absolute atomic E-state index is 12.9. The molecule has 2 spiro atoms. The van der Waals surface area contributed by atoms with Crippen molar-refractivity contribution in [3.63, 3.8) is 0 Å². The smallest absolute Gasteiger partial charge is 0.317 e. The molecular formula is C39H59N2O7. The zero-order chi connectivity index (χ0) is 34.0. The monoisotopic (exact) mass is 667 g/mol. The van der Waals surface area contributed by atoms with E-state index in [0.29, 0.717) is 50.4 Å². The molecule has 2 heterocycles. The first-order valence-electron chi connectivity index (χ1n) is 19.1. The van der Waals surface area contributed by atoms with Crippen LogP contribution in [-0.4, -0.2) is 90.2 Å². The largest absolute Gasteiger partial charge is 0.480 e. The number of likely N-dealkylation sites (N-methyl/N-ethyl adjacent to an activating group) is 1. The minimum Gasteiger partial charge on any atom is -0.480 e. The number of nitrogens with zero attached hydrogens (tertiary/aromatic N) is 2. The summed E-state index contributed by atoms with van der Waals surface area (Å²) in [5.41, 5.74) is -0.00502. The molecule has 10 atom stereocenters. The third-order valence-corrected chi connectivity index (χ3v) is 15.7. The molecule has 3 radical (unpaired) electrons. The van der Waals surface area contributed by atoms with Gasteiger partial charge in [0.05, 0.1) is 31.9 Å². The van der Waals surface area contributed by atoms with E-state index < -0.39 is 12.1 Å². The van der Waals surface area contributed by atoms with Gasteiger partial charge in [-0.25, -0.2) is 0 Å². The van der Waals surface area contributed by atoms with Gasteiger partial charge in [-0.05, 0) is 117 Å². The Morgan fingerprint density at radius 1 is 1.08 bits per heavy atom. The molecule has 0 aromatic carbocycles. The Kier molecular flexibility index (Phi) is 8.02. The van der Waals surface area contributed by atoms with E-state index >= 15 is 0 Å². The van der Waals surface area contributed by atoms with E-state index in [4.69, 9.17) is 14.2 Å². The fraction of sp³-hybridized carbons (Fsp3) is 0.872. The molecule has 9 heteroatoms. The summed E-state index contributed by atoms with van der Waals surface area (Å²) >= 11 is 0. The number of rotatable bonds is 8. The Labute approximate surface area is 287 Å². The maximum Gasteiger partial charge on any atom is 0.317 e. The van der Waals surface area contributed by atoms with E-state index in [1.54, 1.807) is 10.8 Å². The molecular weight excluding hydrogens is 608 g/mol. The second kappa shape index (κ2) is 11.4. The van der Waals surface area contributed by atoms with Gasteiger partial charge in [-0.1, -0.05) is 34.6 Å². The third-order valence-electron chi connectivity index (χ3n) is 15.7. The van der Waals surface area contributed by atoms with Gasteiger partial charge in [-0.2, -0.15) is 0 Å². The van der Waals surface area contributed by atoms with Gasteiger partial charge < -0.3 is 29.3 Å². The lowest BCUT2D eigenvalue weighted by Gasteiger charge is -2.63. The summed E-state index contributed by atoms with van der Waals surface area (Å²) in [7, 11) is 1.82. The number of hydrogen-bond acceptors (Lipinski definition) is 7. The van der Waals surface area contributed by atoms with Crippen molar-refractivity contribution in [3.8, 4) is 0 Å². The lowest BCUT2D eigenvalue weighted by Crippen LogP contribution is -2.59. The first-order chi connectivity index (χ1) is 22.7. The molecule has 2 N–H and O–H groups in total. The molecule has 8 aliphatic rings. The fourth-order valence-corrected chi connectivity index (χ4v) is 13.2. The molecule has 9 nitrogen and oxygen atoms in total. The van der Waals surface area contributed by atoms with Gasteiger partial charge in [0, 0.05) is 30.8 Å². The van der Waals surface area contributed by atoms with E-state index in [1.165, 1.54) is 25.7 Å². The highest BCUT2D eigenvalue weighted by atomic mass is 16.7. The summed E-state index contributed by atoms with van der Waals surface area (Å²) in [6, 6.07) is 0. The molecule has 0 aromatic heterocycles. The minimum atomic E-state index is -0.844. The Morgan fingerprint density at radius 3 is 2.58 bits per heavy atom. The number of aliphatic carboxylic acids is 1. The number of amides is 1. The van der Waals surface area contributed by atoms with Crippen molar-refractivity contribution in [1.82, 2.24) is 9.80 Å². The SMILES string of the molecule is C[C@@H]1C[C](CN(C)CC(=O)O)O[C]2[C@H]1[C@@]1(C)CC[C@@]34C[C@@]35CCC(O[C@H]3CN(C(=O)CC6CC6)CCO3)C(C)(C)[C@@H]5CC[C]4[C@]1(C)[C@H]2O. The van der Waals surface area contributed by atoms with Crippen molar-refractivity contribution >= 4 is 11.9 Å². The van der Waals surface area contributed by atoms with Gasteiger partial charge in [0.2, 0.25) is 5.91 Å². The van der Waals surface area contributed by atoms with Crippen LogP contribution in [0, 0.1) is 68.9 Å². The van der Waals surface area contributed by atoms with E-state index in [2.05, 4.69) is 34.6 Å². The topological polar surface area (TPSA) is 109 Å². The summed E-state index contributed by atoms with van der Waals surface area (Å²) in [4.78, 5) is 28.0. The van der Waals surface area contributed by atoms with Gasteiger partial charge in [-0.15, -0.1) is 0 Å². The van der Waals surface area contributed by atoms with Gasteiger partial charge in [0.1, 0.15) is 12.2 Å². The summed E-state index contributed by atoms with van der Waals surface area (Å²) in [5, 5.41) is 21.7. The van der Waals surface area contributed by atoms with E-state index in [0.717, 1.165) is 50.7 Å². The second-order valence-electron chi connectivity index (χ2n) is 18.5. The van der Waals surface area contributed by atoms with Crippen molar-refractivity contribution < 1.29 is 34.0 Å². The Morgan fingerprint density at radius 2 is 1.85 bits per heavy atom. The third kappa shape index (κ3) is 4.79. The first kappa shape index (κ1) is 33.9. The van der Waals surface area contributed by atoms with Crippen LogP contribution in [0.2, 0.25) is 0 Å². The molecule has 48 heavy (non-hydrogen) atoms. The summed E-state index contributed by atoms with van der Waals surface area (Å²) in [5.74, 6) is 2.69. The van der Waals surface area contributed by atoms with E-state index in [-0.39, 0.29) is 57.8 Å². The van der Waals surface area contributed by atoms with Gasteiger partial charge in [-0.3, -0.25) is 14.5 Å². The highest BCUT2D eigenvalue weighted by molar-refractivity contribution is 5.76. The average Bonchev–Trinajstić information content (AvgIpc) is 3.93. The normalized spacial score (nSPS) is 47.1. The predicted molar refractivity (Wildman–Crippen MR) is 178 cm³/mol. The van der Waals surface area contributed by atoms with Gasteiger partial charge in [0.25, 0.3) is 0 Å². The average molecular weight is 668 g/mol. The summed E-state index contributed by atoms with van der Waals surface area (Å²) in [6.45, 7) is 14.2. The Bertz CT molecular complexity index is 1300. The van der Waals surface area contributed by atoms with Crippen molar-refractivity contribution in [3.05, 3.63) is 18.1 Å². The number of aliphatic hydroxyl groups is 1. The number of aliphatic hydroxyl groups excluding tert-OH is 1. The van der Waals surface area contributed by atoms with Crippen LogP contribution in [-0.2, 0) is 23.8 Å². The minimum absolute atomic E-state index is 0.0148. The molecule has 1 amide bonds. The van der Waals surface area contributed by atoms with Crippen molar-refractivity contribution in [2.45, 2.75) is 124 Å². The number of ether oxygens (including phenoxy) is 3. The number of carbonyl (C=O) groups is 2. The van der Waals surface area contributed by atoms with Crippen LogP contribution in [0.25, 0.3) is 0 Å². The van der Waals surface area contributed by atoms with Crippen LogP contribution in [0.5, 0.6) is 0 Å². The van der Waals surface area contributed by atoms with Crippen molar-refractivity contribution in [2.24, 2.45) is 50.7 Å². The highest BCUT2D eigenvalue weighted by Gasteiger charge is 2.85. The summed E-state index contributed by atoms with van der Waals surface area (Å²) < 4.78 is 19.6. The van der Waals surface area contributed by atoms with Gasteiger partial charge in [0.15, 0.2) is 6.29 Å². The standard InChI is InChI=1S/C39H59N2O7/c1-23-17-25(19-40(6)20-30(43)44)47-33-32(23)36(4)13-14-39-22-38(39)12-11-28(35(2,3)26(38)9-10-27(39)37(36,5)34(33)45)48-31-21-41(15-16-46-31)29(42)18-24-7-8-24/h23-24,26,28,31-32,34,45H,7-22H2,1-6H3,(H,43,44)/t23-,26+,28?,31+,32+,34+,36-,37-,38-,39+/m1/s1. The van der Waals surface area contributed by atoms with Crippen LogP contribution in [0.3, 0.4) is 0 Å². The molecule has 8 fully saturated rings. The lowest BCUT2D eigenvalue weighted by atomic mass is 9.41. The zero-order valence-corrected chi connectivity index (χ0v) is 30.2. The molecule has 0 bridgehead atoms. The Hall–Kier alpha value is -1.26. The summed E-state index contributed by atoms with van der Waals surface area (Å²) in [6.07, 6.45) is 12.5. The number of morpholine rings is 1. The van der Waals surface area contributed by atoms with E-state index in [9.17, 15) is 19.8 Å². The number of fused-ring (bicyclic) bond motifs is 4. The predicted octanol–water partition coefficient (Wildman–Crippen LogP) is 5.47. The van der Waals surface area contributed by atoms with Crippen molar-refractivity contribution in [2.75, 3.05) is 39.8 Å². The van der Waals surface area contributed by atoms with Crippen LogP contribution in [0.15, 0.2) is 0 Å². The quantitative estimate of drug-likeness (QED) is 0.351. The fourth-order valence-electron chi connectivity index (χ4n) is 13.2. The number of carboxylic acids is 1. The molecule has 2 saturated heterocycles. The highest BCUT2D eigenvalue weighted by Crippen LogP contribution is 2.90. The molecule has 1 unspecified atom stereocenters. The molecule has 2 aliphatic heterocycles. The molecule has 6 aliphatic carbocycles.